The summed E-state index contributed by atoms with van der Waals surface area (Å²) in [5.41, 5.74) is 10.00. The Balaban J connectivity index is 1.24. The Kier molecular flexibility index (Phi) is 6.75. The number of para-hydroxylation sites is 1. The van der Waals surface area contributed by atoms with E-state index in [9.17, 15) is 9.59 Å². The maximum atomic E-state index is 14.7. The molecule has 2 heterocycles. The number of carbonyl (C=O) groups is 2. The highest BCUT2D eigenvalue weighted by atomic mass is 16.2. The number of rotatable bonds is 5. The lowest BCUT2D eigenvalue weighted by Gasteiger charge is -2.18. The van der Waals surface area contributed by atoms with Crippen molar-refractivity contribution in [2.45, 2.75) is 0 Å². The summed E-state index contributed by atoms with van der Waals surface area (Å²) >= 11 is 0. The van der Waals surface area contributed by atoms with E-state index < -0.39 is 0 Å². The molecule has 0 saturated heterocycles. The Hall–Kier alpha value is -7.03. The van der Waals surface area contributed by atoms with Crippen molar-refractivity contribution in [2.24, 2.45) is 0 Å². The Labute approximate surface area is 288 Å². The van der Waals surface area contributed by atoms with Gasteiger partial charge in [-0.05, 0) is 81.9 Å². The van der Waals surface area contributed by atoms with Crippen LogP contribution in [-0.2, 0) is 0 Å². The quantitative estimate of drug-likeness (QED) is 0.139. The van der Waals surface area contributed by atoms with E-state index in [4.69, 9.17) is 6.57 Å². The van der Waals surface area contributed by atoms with Crippen molar-refractivity contribution in [3.05, 3.63) is 186 Å². The molecule has 0 saturated carbocycles. The standard InChI is InChI=1S/C45H27N3O2/c1-46-35-17-10-16-31(25-35)32-22-23-38-37-18-8-9-20-40(37)48(42(38)28-32)41-21-11-19-39-43(41)45(50)47(44(39)49)36-26-33(29-12-4-2-5-13-29)24-34(27-36)30-14-6-3-7-15-30/h2-28H. The largest absolute Gasteiger partial charge is 0.308 e. The molecule has 2 amide bonds. The second kappa shape index (κ2) is 11.6. The third kappa shape index (κ3) is 4.62. The molecular weight excluding hydrogens is 615 g/mol. The summed E-state index contributed by atoms with van der Waals surface area (Å²) in [6.45, 7) is 7.51. The number of hydrogen-bond acceptors (Lipinski definition) is 2. The summed E-state index contributed by atoms with van der Waals surface area (Å²) in [4.78, 5) is 34.0. The zero-order valence-electron chi connectivity index (χ0n) is 26.7. The molecule has 0 fully saturated rings. The minimum Gasteiger partial charge on any atom is -0.308 e. The number of carbonyl (C=O) groups excluding carboxylic acids is 2. The monoisotopic (exact) mass is 641 g/mol. The molecule has 7 aromatic carbocycles. The van der Waals surface area contributed by atoms with Crippen LogP contribution in [0.2, 0.25) is 0 Å². The lowest BCUT2D eigenvalue weighted by Crippen LogP contribution is -2.29. The van der Waals surface area contributed by atoms with Gasteiger partial charge in [-0.15, -0.1) is 0 Å². The molecule has 0 bridgehead atoms. The van der Waals surface area contributed by atoms with Crippen LogP contribution in [0, 0.1) is 6.57 Å². The van der Waals surface area contributed by atoms with Crippen molar-refractivity contribution >= 4 is 45.0 Å². The highest BCUT2D eigenvalue weighted by Crippen LogP contribution is 2.41. The summed E-state index contributed by atoms with van der Waals surface area (Å²) in [5.74, 6) is -0.717. The molecule has 9 rings (SSSR count). The molecule has 0 spiro atoms. The van der Waals surface area contributed by atoms with Crippen LogP contribution in [0.3, 0.4) is 0 Å². The first-order valence-corrected chi connectivity index (χ1v) is 16.4. The van der Waals surface area contributed by atoms with Crippen LogP contribution in [0.15, 0.2) is 164 Å². The van der Waals surface area contributed by atoms with E-state index in [1.54, 1.807) is 12.1 Å². The van der Waals surface area contributed by atoms with Gasteiger partial charge < -0.3 is 4.57 Å². The molecule has 1 aromatic heterocycles. The molecule has 5 nitrogen and oxygen atoms in total. The third-order valence-corrected chi connectivity index (χ3v) is 9.51. The molecule has 0 aliphatic carbocycles. The predicted molar refractivity (Wildman–Crippen MR) is 201 cm³/mol. The number of hydrogen-bond donors (Lipinski definition) is 0. The van der Waals surface area contributed by atoms with E-state index in [-0.39, 0.29) is 11.8 Å². The van der Waals surface area contributed by atoms with Crippen LogP contribution in [-0.4, -0.2) is 16.4 Å². The Bertz CT molecular complexity index is 2640. The normalized spacial score (nSPS) is 12.4. The van der Waals surface area contributed by atoms with Crippen LogP contribution in [0.1, 0.15) is 20.7 Å². The molecular formula is C45H27N3O2. The van der Waals surface area contributed by atoms with Crippen LogP contribution in [0.5, 0.6) is 0 Å². The van der Waals surface area contributed by atoms with Crippen molar-refractivity contribution in [1.82, 2.24) is 4.57 Å². The predicted octanol–water partition coefficient (Wildman–Crippen LogP) is 11.1. The summed E-state index contributed by atoms with van der Waals surface area (Å²) in [5, 5.41) is 2.07. The van der Waals surface area contributed by atoms with Gasteiger partial charge in [-0.1, -0.05) is 115 Å². The molecule has 8 aromatic rings. The second-order valence-electron chi connectivity index (χ2n) is 12.4. The summed E-state index contributed by atoms with van der Waals surface area (Å²) in [7, 11) is 0. The first-order chi connectivity index (χ1) is 24.6. The van der Waals surface area contributed by atoms with Crippen LogP contribution < -0.4 is 4.90 Å². The van der Waals surface area contributed by atoms with Crippen molar-refractivity contribution in [1.29, 1.82) is 0 Å². The Morgan fingerprint density at radius 2 is 1.08 bits per heavy atom. The number of fused-ring (bicyclic) bond motifs is 4. The van der Waals surface area contributed by atoms with E-state index in [1.165, 1.54) is 4.90 Å². The van der Waals surface area contributed by atoms with Gasteiger partial charge in [-0.25, -0.2) is 9.74 Å². The van der Waals surface area contributed by atoms with Gasteiger partial charge in [0.1, 0.15) is 0 Å². The smallest absolute Gasteiger partial charge is 0.268 e. The van der Waals surface area contributed by atoms with Gasteiger partial charge in [0.15, 0.2) is 5.69 Å². The molecule has 234 valence electrons. The fourth-order valence-electron chi connectivity index (χ4n) is 7.19. The van der Waals surface area contributed by atoms with Crippen molar-refractivity contribution in [3.63, 3.8) is 0 Å². The van der Waals surface area contributed by atoms with Gasteiger partial charge in [0.2, 0.25) is 0 Å². The topological polar surface area (TPSA) is 46.7 Å². The first kappa shape index (κ1) is 29.1. The van der Waals surface area contributed by atoms with E-state index in [0.717, 1.165) is 55.2 Å². The van der Waals surface area contributed by atoms with Crippen LogP contribution >= 0.6 is 0 Å². The van der Waals surface area contributed by atoms with Gasteiger partial charge in [0.25, 0.3) is 11.8 Å². The van der Waals surface area contributed by atoms with Crippen LogP contribution in [0.25, 0.3) is 65.7 Å². The highest BCUT2D eigenvalue weighted by molar-refractivity contribution is 6.36. The van der Waals surface area contributed by atoms with Crippen molar-refractivity contribution in [2.75, 3.05) is 4.90 Å². The zero-order valence-corrected chi connectivity index (χ0v) is 26.7. The number of amides is 2. The SMILES string of the molecule is [C-]#[N+]c1cccc(-c2ccc3c4ccccc4n(-c4cccc5c4C(=O)N(c4cc(-c6ccccc6)cc(-c6ccccc6)c4)C5=O)c3c2)c1. The average molecular weight is 642 g/mol. The molecule has 5 heteroatoms. The number of aromatic nitrogens is 1. The van der Waals surface area contributed by atoms with E-state index >= 15 is 0 Å². The molecule has 1 aliphatic rings. The minimum absolute atomic E-state index is 0.353. The summed E-state index contributed by atoms with van der Waals surface area (Å²) in [6, 6.07) is 53.4. The van der Waals surface area contributed by atoms with Crippen molar-refractivity contribution in [3.8, 4) is 39.1 Å². The maximum Gasteiger partial charge on any atom is 0.268 e. The lowest BCUT2D eigenvalue weighted by atomic mass is 9.97. The molecule has 1 aliphatic heterocycles. The Morgan fingerprint density at radius 3 is 1.80 bits per heavy atom. The number of imide groups is 1. The average Bonchev–Trinajstić information content (AvgIpc) is 3.65. The summed E-state index contributed by atoms with van der Waals surface area (Å²) in [6.07, 6.45) is 0. The molecule has 0 N–H and O–H groups in total. The molecule has 0 atom stereocenters. The minimum atomic E-state index is -0.364. The fraction of sp³-hybridized carbons (Fsp3) is 0. The van der Waals surface area contributed by atoms with Gasteiger partial charge in [-0.2, -0.15) is 0 Å². The van der Waals surface area contributed by atoms with E-state index in [0.29, 0.717) is 28.2 Å². The fourth-order valence-corrected chi connectivity index (χ4v) is 7.19. The lowest BCUT2D eigenvalue weighted by molar-refractivity contribution is 0.0926. The van der Waals surface area contributed by atoms with E-state index in [2.05, 4.69) is 39.7 Å². The number of anilines is 1. The van der Waals surface area contributed by atoms with Crippen LogP contribution in [0.4, 0.5) is 11.4 Å². The zero-order chi connectivity index (χ0) is 33.8. The highest BCUT2D eigenvalue weighted by Gasteiger charge is 2.39. The molecule has 0 radical (unpaired) electrons. The summed E-state index contributed by atoms with van der Waals surface area (Å²) < 4.78 is 2.09. The van der Waals surface area contributed by atoms with Gasteiger partial charge >= 0.3 is 0 Å². The maximum absolute atomic E-state index is 14.7. The first-order valence-electron chi connectivity index (χ1n) is 16.4. The van der Waals surface area contributed by atoms with Gasteiger partial charge in [0, 0.05) is 10.8 Å². The van der Waals surface area contributed by atoms with Gasteiger partial charge in [0.05, 0.1) is 40.1 Å². The molecule has 0 unspecified atom stereocenters. The number of benzene rings is 7. The Morgan fingerprint density at radius 1 is 0.460 bits per heavy atom. The number of nitrogens with zero attached hydrogens (tertiary/aromatic N) is 3. The van der Waals surface area contributed by atoms with Crippen molar-refractivity contribution < 1.29 is 9.59 Å². The molecule has 50 heavy (non-hydrogen) atoms. The second-order valence-corrected chi connectivity index (χ2v) is 12.4. The van der Waals surface area contributed by atoms with Gasteiger partial charge in [-0.3, -0.25) is 9.59 Å². The third-order valence-electron chi connectivity index (χ3n) is 9.51. The van der Waals surface area contributed by atoms with E-state index in [1.807, 2.05) is 121 Å².